The molecule has 0 aromatic heterocycles. The van der Waals surface area contributed by atoms with Crippen molar-refractivity contribution in [3.63, 3.8) is 0 Å². The molecule has 2 aliphatic rings. The van der Waals surface area contributed by atoms with Crippen LogP contribution in [0.5, 0.6) is 5.75 Å². The number of benzene rings is 1. The zero-order valence-corrected chi connectivity index (χ0v) is 11.9. The maximum Gasteiger partial charge on any atom is 0.308 e. The Balaban J connectivity index is 1.72. The van der Waals surface area contributed by atoms with Crippen molar-refractivity contribution in [1.29, 1.82) is 0 Å². The standard InChI is InChI=1S/C16H19NO4/c1-21-12-6-4-9(5-7-12)15(18)17-14-11-3-2-10(8-11)13(14)16(19)20/h4-7,10-11,13-14H,2-3,8H2,1H3,(H,17,18)(H,19,20). The number of hydrogen-bond donors (Lipinski definition) is 2. The van der Waals surface area contributed by atoms with Gasteiger partial charge in [0, 0.05) is 11.6 Å². The molecule has 112 valence electrons. The minimum absolute atomic E-state index is 0.207. The van der Waals surface area contributed by atoms with Crippen LogP contribution in [-0.4, -0.2) is 30.1 Å². The summed E-state index contributed by atoms with van der Waals surface area (Å²) in [6, 6.07) is 6.60. The topological polar surface area (TPSA) is 75.6 Å². The quantitative estimate of drug-likeness (QED) is 0.888. The molecule has 0 saturated heterocycles. The predicted molar refractivity (Wildman–Crippen MR) is 76.2 cm³/mol. The first-order valence-electron chi connectivity index (χ1n) is 7.28. The molecule has 1 aromatic carbocycles. The number of carbonyl (C=O) groups excluding carboxylic acids is 1. The van der Waals surface area contributed by atoms with Crippen LogP contribution < -0.4 is 10.1 Å². The first-order chi connectivity index (χ1) is 10.1. The van der Waals surface area contributed by atoms with Crippen LogP contribution in [0, 0.1) is 17.8 Å². The summed E-state index contributed by atoms with van der Waals surface area (Å²) in [7, 11) is 1.57. The van der Waals surface area contributed by atoms with Crippen molar-refractivity contribution in [3.05, 3.63) is 29.8 Å². The third-order valence-electron chi connectivity index (χ3n) is 4.85. The van der Waals surface area contributed by atoms with Gasteiger partial charge in [-0.2, -0.15) is 0 Å². The lowest BCUT2D eigenvalue weighted by Crippen LogP contribution is -2.46. The smallest absolute Gasteiger partial charge is 0.308 e. The largest absolute Gasteiger partial charge is 0.497 e. The fourth-order valence-electron chi connectivity index (χ4n) is 3.83. The van der Waals surface area contributed by atoms with Gasteiger partial charge in [0.2, 0.25) is 0 Å². The highest BCUT2D eigenvalue weighted by atomic mass is 16.5. The number of hydrogen-bond acceptors (Lipinski definition) is 3. The summed E-state index contributed by atoms with van der Waals surface area (Å²) < 4.78 is 5.06. The second-order valence-electron chi connectivity index (χ2n) is 5.92. The molecule has 4 atom stereocenters. The van der Waals surface area contributed by atoms with E-state index in [1.807, 2.05) is 0 Å². The molecule has 0 spiro atoms. The Labute approximate surface area is 123 Å². The average Bonchev–Trinajstić information content (AvgIpc) is 3.08. The van der Waals surface area contributed by atoms with Crippen molar-refractivity contribution in [1.82, 2.24) is 5.32 Å². The molecule has 2 bridgehead atoms. The molecule has 1 amide bonds. The van der Waals surface area contributed by atoms with E-state index >= 15 is 0 Å². The molecule has 3 rings (SSSR count). The van der Waals surface area contributed by atoms with E-state index in [1.54, 1.807) is 31.4 Å². The van der Waals surface area contributed by atoms with Gasteiger partial charge in [-0.3, -0.25) is 9.59 Å². The number of carboxylic acids is 1. The van der Waals surface area contributed by atoms with Gasteiger partial charge in [0.25, 0.3) is 5.91 Å². The Morgan fingerprint density at radius 1 is 1.19 bits per heavy atom. The lowest BCUT2D eigenvalue weighted by atomic mass is 9.84. The number of aliphatic carboxylic acids is 1. The van der Waals surface area contributed by atoms with Gasteiger partial charge in [0.15, 0.2) is 0 Å². The van der Waals surface area contributed by atoms with E-state index in [-0.39, 0.29) is 17.9 Å². The summed E-state index contributed by atoms with van der Waals surface area (Å²) in [6.07, 6.45) is 2.91. The first-order valence-corrected chi connectivity index (χ1v) is 7.28. The molecule has 4 unspecified atom stereocenters. The second kappa shape index (κ2) is 5.39. The van der Waals surface area contributed by atoms with Crippen molar-refractivity contribution in [2.75, 3.05) is 7.11 Å². The number of nitrogens with one attached hydrogen (secondary N) is 1. The molecule has 1 aromatic rings. The summed E-state index contributed by atoms with van der Waals surface area (Å²) in [5.41, 5.74) is 0.530. The fourth-order valence-corrected chi connectivity index (χ4v) is 3.83. The van der Waals surface area contributed by atoms with Crippen LogP contribution in [0.15, 0.2) is 24.3 Å². The molecule has 0 heterocycles. The van der Waals surface area contributed by atoms with Crippen molar-refractivity contribution in [2.45, 2.75) is 25.3 Å². The van der Waals surface area contributed by atoms with Gasteiger partial charge in [0.05, 0.1) is 13.0 Å². The van der Waals surface area contributed by atoms with E-state index in [0.717, 1.165) is 19.3 Å². The minimum Gasteiger partial charge on any atom is -0.497 e. The molecule has 2 N–H and O–H groups in total. The van der Waals surface area contributed by atoms with Gasteiger partial charge in [0.1, 0.15) is 5.75 Å². The van der Waals surface area contributed by atoms with E-state index < -0.39 is 11.9 Å². The second-order valence-corrected chi connectivity index (χ2v) is 5.92. The van der Waals surface area contributed by atoms with Gasteiger partial charge in [-0.15, -0.1) is 0 Å². The van der Waals surface area contributed by atoms with Crippen molar-refractivity contribution in [2.24, 2.45) is 17.8 Å². The average molecular weight is 289 g/mol. The predicted octanol–water partition coefficient (Wildman–Crippen LogP) is 1.92. The Hall–Kier alpha value is -2.04. The van der Waals surface area contributed by atoms with Crippen LogP contribution in [0.25, 0.3) is 0 Å². The molecule has 21 heavy (non-hydrogen) atoms. The number of fused-ring (bicyclic) bond motifs is 2. The Morgan fingerprint density at radius 2 is 1.86 bits per heavy atom. The Bertz CT molecular complexity index is 554. The zero-order chi connectivity index (χ0) is 15.0. The SMILES string of the molecule is COc1ccc(C(=O)NC2C3CCC(C3)C2C(=O)O)cc1. The normalized spacial score (nSPS) is 30.1. The van der Waals surface area contributed by atoms with Crippen molar-refractivity contribution >= 4 is 11.9 Å². The van der Waals surface area contributed by atoms with Crippen molar-refractivity contribution in [3.8, 4) is 5.75 Å². The molecule has 0 radical (unpaired) electrons. The van der Waals surface area contributed by atoms with Crippen LogP contribution in [0.4, 0.5) is 0 Å². The van der Waals surface area contributed by atoms with Crippen LogP contribution >= 0.6 is 0 Å². The molecule has 2 fully saturated rings. The molecule has 5 nitrogen and oxygen atoms in total. The number of carboxylic acid groups (broad SMARTS) is 1. The lowest BCUT2D eigenvalue weighted by molar-refractivity contribution is -0.144. The lowest BCUT2D eigenvalue weighted by Gasteiger charge is -2.28. The summed E-state index contributed by atoms with van der Waals surface area (Å²) in [4.78, 5) is 23.7. The van der Waals surface area contributed by atoms with E-state index in [4.69, 9.17) is 4.74 Å². The molecular formula is C16H19NO4. The summed E-state index contributed by atoms with van der Waals surface area (Å²) in [5, 5.41) is 12.3. The van der Waals surface area contributed by atoms with Crippen LogP contribution in [0.3, 0.4) is 0 Å². The van der Waals surface area contributed by atoms with E-state index in [0.29, 0.717) is 17.2 Å². The summed E-state index contributed by atoms with van der Waals surface area (Å²) >= 11 is 0. The first kappa shape index (κ1) is 13.9. The number of methoxy groups -OCH3 is 1. The van der Waals surface area contributed by atoms with Crippen LogP contribution in [-0.2, 0) is 4.79 Å². The molecule has 2 aliphatic carbocycles. The van der Waals surface area contributed by atoms with Gasteiger partial charge < -0.3 is 15.2 Å². The zero-order valence-electron chi connectivity index (χ0n) is 11.9. The highest BCUT2D eigenvalue weighted by Gasteiger charge is 2.51. The minimum atomic E-state index is -0.790. The third kappa shape index (κ3) is 2.48. The highest BCUT2D eigenvalue weighted by molar-refractivity contribution is 5.95. The van der Waals surface area contributed by atoms with Crippen LogP contribution in [0.1, 0.15) is 29.6 Å². The van der Waals surface area contributed by atoms with Gasteiger partial charge in [-0.25, -0.2) is 0 Å². The number of rotatable bonds is 4. The maximum absolute atomic E-state index is 12.3. The summed E-state index contributed by atoms with van der Waals surface area (Å²) in [6.45, 7) is 0. The van der Waals surface area contributed by atoms with Crippen molar-refractivity contribution < 1.29 is 19.4 Å². The van der Waals surface area contributed by atoms with Gasteiger partial charge in [-0.1, -0.05) is 0 Å². The highest BCUT2D eigenvalue weighted by Crippen LogP contribution is 2.48. The fraction of sp³-hybridized carbons (Fsp3) is 0.500. The number of amides is 1. The van der Waals surface area contributed by atoms with E-state index in [9.17, 15) is 14.7 Å². The summed E-state index contributed by atoms with van der Waals surface area (Å²) in [5.74, 6) is -0.225. The van der Waals surface area contributed by atoms with Crippen LogP contribution in [0.2, 0.25) is 0 Å². The Morgan fingerprint density at radius 3 is 2.48 bits per heavy atom. The molecule has 0 aliphatic heterocycles. The third-order valence-corrected chi connectivity index (χ3v) is 4.85. The van der Waals surface area contributed by atoms with E-state index in [2.05, 4.69) is 5.32 Å². The van der Waals surface area contributed by atoms with E-state index in [1.165, 1.54) is 0 Å². The molecular weight excluding hydrogens is 270 g/mol. The monoisotopic (exact) mass is 289 g/mol. The number of ether oxygens (including phenoxy) is 1. The molecule has 5 heteroatoms. The Kier molecular flexibility index (Phi) is 3.57. The maximum atomic E-state index is 12.3. The van der Waals surface area contributed by atoms with Gasteiger partial charge >= 0.3 is 5.97 Å². The number of carbonyl (C=O) groups is 2. The molecule has 2 saturated carbocycles. The van der Waals surface area contributed by atoms with Gasteiger partial charge in [-0.05, 0) is 55.4 Å².